The van der Waals surface area contributed by atoms with E-state index in [1.807, 2.05) is 24.3 Å². The average molecular weight is 325 g/mol. The van der Waals surface area contributed by atoms with E-state index >= 15 is 0 Å². The van der Waals surface area contributed by atoms with E-state index in [4.69, 9.17) is 9.84 Å². The predicted octanol–water partition coefficient (Wildman–Crippen LogP) is 3.19. The molecule has 126 valence electrons. The van der Waals surface area contributed by atoms with Gasteiger partial charge in [0.2, 0.25) is 0 Å². The molecule has 0 bridgehead atoms. The van der Waals surface area contributed by atoms with Gasteiger partial charge in [-0.05, 0) is 48.1 Å². The number of carboxylic acid groups (broad SMARTS) is 1. The molecule has 0 aliphatic heterocycles. The first-order valence-electron chi connectivity index (χ1n) is 8.44. The van der Waals surface area contributed by atoms with Crippen LogP contribution in [0.2, 0.25) is 0 Å². The molecule has 0 amide bonds. The standard InChI is InChI=1S/C20H23NO3/c22-20(23)10-11-21-18-8-6-17-13-19(9-7-16(17)12-18)24-14-15-4-2-1-3-5-15/h1-5,7,9,13,18,21H,6,8,10-12,14H2,(H,22,23). The summed E-state index contributed by atoms with van der Waals surface area (Å²) in [6.45, 7) is 1.12. The first-order chi connectivity index (χ1) is 11.7. The third kappa shape index (κ3) is 4.59. The van der Waals surface area contributed by atoms with Gasteiger partial charge in [-0.3, -0.25) is 4.79 Å². The third-order valence-corrected chi connectivity index (χ3v) is 4.43. The molecule has 0 radical (unpaired) electrons. The maximum atomic E-state index is 10.6. The van der Waals surface area contributed by atoms with Crippen LogP contribution in [0.1, 0.15) is 29.5 Å². The number of fused-ring (bicyclic) bond motifs is 1. The highest BCUT2D eigenvalue weighted by Gasteiger charge is 2.18. The van der Waals surface area contributed by atoms with Crippen molar-refractivity contribution in [3.8, 4) is 5.75 Å². The molecular formula is C20H23NO3. The largest absolute Gasteiger partial charge is 0.489 e. The van der Waals surface area contributed by atoms with E-state index in [0.717, 1.165) is 30.6 Å². The van der Waals surface area contributed by atoms with Gasteiger partial charge in [0.25, 0.3) is 0 Å². The van der Waals surface area contributed by atoms with E-state index in [0.29, 0.717) is 19.2 Å². The van der Waals surface area contributed by atoms with Crippen LogP contribution >= 0.6 is 0 Å². The molecule has 0 heterocycles. The molecule has 4 heteroatoms. The molecular weight excluding hydrogens is 302 g/mol. The zero-order valence-electron chi connectivity index (χ0n) is 13.7. The number of carbonyl (C=O) groups is 1. The third-order valence-electron chi connectivity index (χ3n) is 4.43. The molecule has 0 aromatic heterocycles. The van der Waals surface area contributed by atoms with E-state index in [1.165, 1.54) is 11.1 Å². The second-order valence-electron chi connectivity index (χ2n) is 6.24. The van der Waals surface area contributed by atoms with Gasteiger partial charge < -0.3 is 15.2 Å². The summed E-state index contributed by atoms with van der Waals surface area (Å²) in [5, 5.41) is 12.1. The van der Waals surface area contributed by atoms with E-state index in [9.17, 15) is 4.79 Å². The Morgan fingerprint density at radius 2 is 2.00 bits per heavy atom. The highest BCUT2D eigenvalue weighted by molar-refractivity contribution is 5.66. The zero-order chi connectivity index (χ0) is 16.8. The van der Waals surface area contributed by atoms with Crippen molar-refractivity contribution in [3.63, 3.8) is 0 Å². The minimum absolute atomic E-state index is 0.176. The van der Waals surface area contributed by atoms with Gasteiger partial charge in [0, 0.05) is 12.6 Å². The first-order valence-corrected chi connectivity index (χ1v) is 8.44. The van der Waals surface area contributed by atoms with Crippen LogP contribution < -0.4 is 10.1 Å². The Labute approximate surface area is 142 Å². The molecule has 24 heavy (non-hydrogen) atoms. The number of hydrogen-bond acceptors (Lipinski definition) is 3. The molecule has 1 atom stereocenters. The van der Waals surface area contributed by atoms with Gasteiger partial charge in [-0.15, -0.1) is 0 Å². The molecule has 1 aliphatic rings. The van der Waals surface area contributed by atoms with Crippen molar-refractivity contribution in [1.82, 2.24) is 5.32 Å². The van der Waals surface area contributed by atoms with Crippen molar-refractivity contribution in [2.75, 3.05) is 6.54 Å². The van der Waals surface area contributed by atoms with Crippen molar-refractivity contribution >= 4 is 5.97 Å². The minimum Gasteiger partial charge on any atom is -0.489 e. The Morgan fingerprint density at radius 1 is 1.17 bits per heavy atom. The van der Waals surface area contributed by atoms with Crippen LogP contribution in [0.25, 0.3) is 0 Å². The van der Waals surface area contributed by atoms with E-state index in [1.54, 1.807) is 0 Å². The molecule has 1 unspecified atom stereocenters. The monoisotopic (exact) mass is 325 g/mol. The van der Waals surface area contributed by atoms with Gasteiger partial charge in [-0.2, -0.15) is 0 Å². The van der Waals surface area contributed by atoms with Crippen molar-refractivity contribution in [3.05, 3.63) is 65.2 Å². The summed E-state index contributed by atoms with van der Waals surface area (Å²) in [6, 6.07) is 16.8. The Morgan fingerprint density at radius 3 is 2.79 bits per heavy atom. The van der Waals surface area contributed by atoms with Crippen molar-refractivity contribution in [2.24, 2.45) is 0 Å². The fourth-order valence-corrected chi connectivity index (χ4v) is 3.12. The zero-order valence-corrected chi connectivity index (χ0v) is 13.7. The van der Waals surface area contributed by atoms with E-state index in [-0.39, 0.29) is 6.42 Å². The number of ether oxygens (including phenoxy) is 1. The van der Waals surface area contributed by atoms with Gasteiger partial charge in [0.05, 0.1) is 6.42 Å². The molecule has 2 N–H and O–H groups in total. The Bertz CT molecular complexity index is 685. The number of benzene rings is 2. The lowest BCUT2D eigenvalue weighted by atomic mass is 9.88. The summed E-state index contributed by atoms with van der Waals surface area (Å²) in [5.74, 6) is 0.161. The lowest BCUT2D eigenvalue weighted by molar-refractivity contribution is -0.136. The predicted molar refractivity (Wildman–Crippen MR) is 93.3 cm³/mol. The van der Waals surface area contributed by atoms with Crippen LogP contribution in [0.4, 0.5) is 0 Å². The molecule has 3 rings (SSSR count). The van der Waals surface area contributed by atoms with Crippen LogP contribution in [0.3, 0.4) is 0 Å². The number of aliphatic carboxylic acids is 1. The summed E-state index contributed by atoms with van der Waals surface area (Å²) < 4.78 is 5.90. The number of hydrogen-bond donors (Lipinski definition) is 2. The molecule has 0 fully saturated rings. The second kappa shape index (κ2) is 7.97. The Kier molecular flexibility index (Phi) is 5.49. The molecule has 1 aliphatic carbocycles. The van der Waals surface area contributed by atoms with E-state index in [2.05, 4.69) is 29.6 Å². The summed E-state index contributed by atoms with van der Waals surface area (Å²) in [6.07, 6.45) is 3.17. The maximum Gasteiger partial charge on any atom is 0.304 e. The van der Waals surface area contributed by atoms with Gasteiger partial charge >= 0.3 is 5.97 Å². The fourth-order valence-electron chi connectivity index (χ4n) is 3.12. The number of nitrogens with one attached hydrogen (secondary N) is 1. The van der Waals surface area contributed by atoms with Crippen molar-refractivity contribution in [1.29, 1.82) is 0 Å². The highest BCUT2D eigenvalue weighted by atomic mass is 16.5. The smallest absolute Gasteiger partial charge is 0.304 e. The normalized spacial score (nSPS) is 16.4. The highest BCUT2D eigenvalue weighted by Crippen LogP contribution is 2.26. The molecule has 2 aromatic rings. The van der Waals surface area contributed by atoms with Gasteiger partial charge in [0.15, 0.2) is 0 Å². The molecule has 0 saturated heterocycles. The topological polar surface area (TPSA) is 58.6 Å². The van der Waals surface area contributed by atoms with Crippen molar-refractivity contribution in [2.45, 2.75) is 38.3 Å². The number of aryl methyl sites for hydroxylation is 1. The lowest BCUT2D eigenvalue weighted by Crippen LogP contribution is -2.35. The molecule has 0 spiro atoms. The van der Waals surface area contributed by atoms with Crippen LogP contribution in [-0.2, 0) is 24.2 Å². The Balaban J connectivity index is 1.54. The van der Waals surface area contributed by atoms with Crippen molar-refractivity contribution < 1.29 is 14.6 Å². The quantitative estimate of drug-likeness (QED) is 0.821. The average Bonchev–Trinajstić information content (AvgIpc) is 2.60. The molecule has 4 nitrogen and oxygen atoms in total. The number of carboxylic acids is 1. The lowest BCUT2D eigenvalue weighted by Gasteiger charge is -2.26. The van der Waals surface area contributed by atoms with Gasteiger partial charge in [-0.25, -0.2) is 0 Å². The maximum absolute atomic E-state index is 10.6. The second-order valence-corrected chi connectivity index (χ2v) is 6.24. The summed E-state index contributed by atoms with van der Waals surface area (Å²) in [7, 11) is 0. The van der Waals surface area contributed by atoms with Crippen LogP contribution in [0.5, 0.6) is 5.75 Å². The van der Waals surface area contributed by atoms with Crippen LogP contribution in [0.15, 0.2) is 48.5 Å². The number of rotatable bonds is 7. The van der Waals surface area contributed by atoms with E-state index < -0.39 is 5.97 Å². The van der Waals surface area contributed by atoms with Crippen LogP contribution in [0, 0.1) is 0 Å². The van der Waals surface area contributed by atoms with Crippen LogP contribution in [-0.4, -0.2) is 23.7 Å². The SMILES string of the molecule is O=C(O)CCNC1CCc2cc(OCc3ccccc3)ccc2C1. The Hall–Kier alpha value is -2.33. The van der Waals surface area contributed by atoms with Gasteiger partial charge in [-0.1, -0.05) is 36.4 Å². The summed E-state index contributed by atoms with van der Waals surface area (Å²) in [5.41, 5.74) is 3.84. The fraction of sp³-hybridized carbons (Fsp3) is 0.350. The summed E-state index contributed by atoms with van der Waals surface area (Å²) in [4.78, 5) is 10.6. The molecule has 2 aromatic carbocycles. The minimum atomic E-state index is -0.751. The molecule has 0 saturated carbocycles. The van der Waals surface area contributed by atoms with Gasteiger partial charge in [0.1, 0.15) is 12.4 Å². The first kappa shape index (κ1) is 16.5. The summed E-state index contributed by atoms with van der Waals surface area (Å²) >= 11 is 0.